The molecule has 0 saturated carbocycles. The Morgan fingerprint density at radius 3 is 2.44 bits per heavy atom. The highest BCUT2D eigenvalue weighted by Crippen LogP contribution is 2.45. The zero-order valence-electron chi connectivity index (χ0n) is 21.8. The number of hydrogen-bond acceptors (Lipinski definition) is 8. The highest BCUT2D eigenvalue weighted by molar-refractivity contribution is 5.85. The molecule has 1 aromatic carbocycles. The number of aromatic nitrogens is 2. The molecule has 2 aliphatic rings. The Morgan fingerprint density at radius 1 is 1.15 bits per heavy atom. The average Bonchev–Trinajstić information content (AvgIpc) is 2.87. The van der Waals surface area contributed by atoms with Gasteiger partial charge in [-0.15, -0.1) is 0 Å². The van der Waals surface area contributed by atoms with Gasteiger partial charge < -0.3 is 36.6 Å². The molecule has 39 heavy (non-hydrogen) atoms. The number of carboxylic acids is 2. The molecule has 1 saturated heterocycles. The van der Waals surface area contributed by atoms with Crippen LogP contribution in [0.4, 0.5) is 14.9 Å². The van der Waals surface area contributed by atoms with Crippen LogP contribution in [-0.2, 0) is 15.0 Å². The first-order chi connectivity index (χ1) is 18.3. The molecule has 1 fully saturated rings. The number of carbonyl (C=O) groups is 3. The smallest absolute Gasteiger partial charge is 0.316 e. The van der Waals surface area contributed by atoms with Crippen molar-refractivity contribution in [3.8, 4) is 11.6 Å². The number of rotatable bonds is 6. The number of carbonyl (C=O) groups excluding carboxylic acids is 1. The van der Waals surface area contributed by atoms with E-state index in [9.17, 15) is 29.0 Å². The third-order valence-electron chi connectivity index (χ3n) is 6.89. The zero-order valence-corrected chi connectivity index (χ0v) is 21.8. The summed E-state index contributed by atoms with van der Waals surface area (Å²) in [5.74, 6) is -3.26. The van der Waals surface area contributed by atoms with Gasteiger partial charge in [-0.3, -0.25) is 9.59 Å². The van der Waals surface area contributed by atoms with Gasteiger partial charge in [0.15, 0.2) is 11.6 Å². The molecule has 13 heteroatoms. The molecule has 12 nitrogen and oxygen atoms in total. The maximum atomic E-state index is 14.0. The van der Waals surface area contributed by atoms with Crippen LogP contribution in [0, 0.1) is 11.2 Å². The number of likely N-dealkylation sites (tertiary alicyclic amines) is 1. The lowest BCUT2D eigenvalue weighted by Gasteiger charge is -2.37. The molecular weight excluding hydrogens is 511 g/mol. The quantitative estimate of drug-likeness (QED) is 0.266. The maximum absolute atomic E-state index is 14.0. The molecule has 2 atom stereocenters. The van der Waals surface area contributed by atoms with Crippen LogP contribution in [0.5, 0.6) is 11.6 Å². The number of carboxylic acid groups (broad SMARTS) is 2. The largest absolute Gasteiger partial charge is 0.481 e. The van der Waals surface area contributed by atoms with Crippen LogP contribution in [0.15, 0.2) is 42.7 Å². The van der Waals surface area contributed by atoms with E-state index in [0.29, 0.717) is 6.04 Å². The second kappa shape index (κ2) is 12.1. The maximum Gasteiger partial charge on any atom is 0.316 e. The van der Waals surface area contributed by atoms with Crippen molar-refractivity contribution in [2.24, 2.45) is 11.1 Å². The minimum absolute atomic E-state index is 0.0535. The molecule has 0 bridgehead atoms. The van der Waals surface area contributed by atoms with Crippen molar-refractivity contribution in [3.63, 3.8) is 0 Å². The van der Waals surface area contributed by atoms with E-state index in [1.54, 1.807) is 0 Å². The molecule has 1 aliphatic heterocycles. The van der Waals surface area contributed by atoms with Crippen molar-refractivity contribution in [1.29, 1.82) is 0 Å². The second-order valence-electron chi connectivity index (χ2n) is 10.0. The van der Waals surface area contributed by atoms with Gasteiger partial charge in [-0.05, 0) is 64.9 Å². The van der Waals surface area contributed by atoms with Crippen LogP contribution in [0.2, 0.25) is 0 Å². The summed E-state index contributed by atoms with van der Waals surface area (Å²) in [7, 11) is 2.08. The summed E-state index contributed by atoms with van der Waals surface area (Å²) in [4.78, 5) is 44.4. The number of nitrogens with zero attached hydrogens (tertiary/aromatic N) is 3. The van der Waals surface area contributed by atoms with Gasteiger partial charge >= 0.3 is 18.0 Å². The van der Waals surface area contributed by atoms with E-state index in [1.807, 2.05) is 0 Å². The Balaban J connectivity index is 0.000000320. The molecule has 2 aromatic rings. The Hall–Kier alpha value is -4.26. The van der Waals surface area contributed by atoms with E-state index < -0.39 is 34.6 Å². The monoisotopic (exact) mass is 544 g/mol. The van der Waals surface area contributed by atoms with E-state index in [2.05, 4.69) is 27.2 Å². The number of benzene rings is 1. The predicted octanol–water partition coefficient (Wildman–Crippen LogP) is 2.50. The summed E-state index contributed by atoms with van der Waals surface area (Å²) in [6, 6.07) is 5.03. The standard InChI is InChI=1S/C19H18FN3O5.C7H15N3O/c1-18(16(24)25)5-2-6-19(9-18,17(26)27)14-8-15(23-10-22-14)28-13-4-3-11(21)7-12(13)20;1-10-4-2-6(3-5-10)9-7(8)11/h2-5,7-8,10H,6,9,21H2,1H3,(H,24,25)(H,26,27);6H,2-5H2,1H3,(H3,8,9,11). The number of primary amides is 1. The summed E-state index contributed by atoms with van der Waals surface area (Å²) in [5, 5.41) is 22.1. The van der Waals surface area contributed by atoms with Crippen LogP contribution in [0.3, 0.4) is 0 Å². The lowest BCUT2D eigenvalue weighted by molar-refractivity contribution is -0.151. The van der Waals surface area contributed by atoms with E-state index in [-0.39, 0.29) is 35.9 Å². The molecule has 7 N–H and O–H groups in total. The van der Waals surface area contributed by atoms with E-state index in [4.69, 9.17) is 16.2 Å². The van der Waals surface area contributed by atoms with Crippen LogP contribution in [0.25, 0.3) is 0 Å². The fourth-order valence-electron chi connectivity index (χ4n) is 4.62. The topological polar surface area (TPSA) is 194 Å². The third kappa shape index (κ3) is 7.19. The number of ether oxygens (including phenoxy) is 1. The molecule has 0 spiro atoms. The number of halogens is 1. The van der Waals surface area contributed by atoms with Gasteiger partial charge in [0.25, 0.3) is 0 Å². The minimum atomic E-state index is -1.58. The average molecular weight is 545 g/mol. The summed E-state index contributed by atoms with van der Waals surface area (Å²) < 4.78 is 19.4. The molecule has 210 valence electrons. The Labute approximate surface area is 224 Å². The van der Waals surface area contributed by atoms with Crippen LogP contribution in [-0.4, -0.2) is 69.2 Å². The SMILES string of the molecule is CC1(C(=O)O)C=CCC(C(=O)O)(c2cc(Oc3ccc(N)cc3F)ncn2)C1.CN1CCC(NC(N)=O)CC1. The van der Waals surface area contributed by atoms with Gasteiger partial charge in [0.05, 0.1) is 11.1 Å². The number of hydrogen-bond donors (Lipinski definition) is 5. The van der Waals surface area contributed by atoms with Crippen LogP contribution in [0.1, 0.15) is 38.3 Å². The fraction of sp³-hybridized carbons (Fsp3) is 0.423. The molecule has 1 aromatic heterocycles. The lowest BCUT2D eigenvalue weighted by atomic mass is 9.64. The zero-order chi connectivity index (χ0) is 28.8. The van der Waals surface area contributed by atoms with Crippen molar-refractivity contribution in [1.82, 2.24) is 20.2 Å². The van der Waals surface area contributed by atoms with Gasteiger partial charge in [-0.25, -0.2) is 19.2 Å². The second-order valence-corrected chi connectivity index (χ2v) is 10.0. The summed E-state index contributed by atoms with van der Waals surface area (Å²) in [6.07, 6.45) is 5.98. The van der Waals surface area contributed by atoms with E-state index in [1.165, 1.54) is 37.3 Å². The van der Waals surface area contributed by atoms with Crippen molar-refractivity contribution in [2.45, 2.75) is 44.1 Å². The first-order valence-corrected chi connectivity index (χ1v) is 12.3. The lowest BCUT2D eigenvalue weighted by Crippen LogP contribution is -2.45. The highest BCUT2D eigenvalue weighted by Gasteiger charge is 2.51. The first-order valence-electron chi connectivity index (χ1n) is 12.3. The van der Waals surface area contributed by atoms with E-state index >= 15 is 0 Å². The van der Waals surface area contributed by atoms with Crippen molar-refractivity contribution < 1.29 is 33.7 Å². The van der Waals surface area contributed by atoms with Gasteiger partial charge in [-0.2, -0.15) is 0 Å². The Bertz CT molecular complexity index is 1250. The molecule has 2 heterocycles. The summed E-state index contributed by atoms with van der Waals surface area (Å²) in [6.45, 7) is 3.54. The molecule has 2 unspecified atom stereocenters. The third-order valence-corrected chi connectivity index (χ3v) is 6.89. The number of nitrogens with two attached hydrogens (primary N) is 2. The van der Waals surface area contributed by atoms with Crippen molar-refractivity contribution in [3.05, 3.63) is 54.3 Å². The number of piperidine rings is 1. The number of amides is 2. The number of anilines is 1. The van der Waals surface area contributed by atoms with Gasteiger partial charge in [0.2, 0.25) is 5.88 Å². The molecule has 1 aliphatic carbocycles. The predicted molar refractivity (Wildman–Crippen MR) is 140 cm³/mol. The Kier molecular flexibility index (Phi) is 9.07. The number of aliphatic carboxylic acids is 2. The molecular formula is C26H33FN6O6. The van der Waals surface area contributed by atoms with Crippen molar-refractivity contribution >= 4 is 23.7 Å². The number of nitrogen functional groups attached to an aromatic ring is 1. The molecule has 0 radical (unpaired) electrons. The normalized spacial score (nSPS) is 23.3. The van der Waals surface area contributed by atoms with Crippen molar-refractivity contribution in [2.75, 3.05) is 25.9 Å². The van der Waals surface area contributed by atoms with Gasteiger partial charge in [-0.1, -0.05) is 12.2 Å². The molecule has 2 amide bonds. The minimum Gasteiger partial charge on any atom is -0.481 e. The molecule has 4 rings (SSSR count). The first kappa shape index (κ1) is 29.3. The van der Waals surface area contributed by atoms with Gasteiger partial charge in [0, 0.05) is 23.9 Å². The number of allylic oxidation sites excluding steroid dienone is 1. The van der Waals surface area contributed by atoms with Crippen LogP contribution < -0.4 is 21.5 Å². The summed E-state index contributed by atoms with van der Waals surface area (Å²) in [5.41, 5.74) is 7.85. The van der Waals surface area contributed by atoms with Gasteiger partial charge in [0.1, 0.15) is 11.7 Å². The van der Waals surface area contributed by atoms with Crippen LogP contribution >= 0.6 is 0 Å². The van der Waals surface area contributed by atoms with E-state index in [0.717, 1.165) is 38.3 Å². The number of nitrogens with one attached hydrogen (secondary N) is 1. The highest BCUT2D eigenvalue weighted by atomic mass is 19.1. The summed E-state index contributed by atoms with van der Waals surface area (Å²) >= 11 is 0. The number of urea groups is 1. The Morgan fingerprint density at radius 2 is 1.85 bits per heavy atom. The fourth-order valence-corrected chi connectivity index (χ4v) is 4.62.